The molecule has 98 valence electrons. The zero-order valence-corrected chi connectivity index (χ0v) is 10.9. The number of rotatable bonds is 8. The van der Waals surface area contributed by atoms with Crippen LogP contribution in [0.25, 0.3) is 0 Å². The van der Waals surface area contributed by atoms with Gasteiger partial charge in [-0.3, -0.25) is 10.1 Å². The summed E-state index contributed by atoms with van der Waals surface area (Å²) in [5.41, 5.74) is -0.874. The Morgan fingerprint density at radius 1 is 1.00 bits per heavy atom. The lowest BCUT2D eigenvalue weighted by atomic mass is 9.89. The lowest BCUT2D eigenvalue weighted by Crippen LogP contribution is -2.39. The summed E-state index contributed by atoms with van der Waals surface area (Å²) in [5.74, 6) is -0.241. The van der Waals surface area contributed by atoms with Gasteiger partial charge in [0.25, 0.3) is 5.91 Å². The van der Waals surface area contributed by atoms with Crippen molar-refractivity contribution < 1.29 is 14.3 Å². The van der Waals surface area contributed by atoms with Crippen LogP contribution in [0.3, 0.4) is 0 Å². The van der Waals surface area contributed by atoms with E-state index in [4.69, 9.17) is 4.74 Å². The number of carbonyl (C=O) groups is 2. The fourth-order valence-corrected chi connectivity index (χ4v) is 2.23. The average molecular weight is 241 g/mol. The summed E-state index contributed by atoms with van der Waals surface area (Å²) < 4.78 is 5.25. The lowest BCUT2D eigenvalue weighted by Gasteiger charge is -2.24. The topological polar surface area (TPSA) is 55.4 Å². The summed E-state index contributed by atoms with van der Waals surface area (Å²) in [4.78, 5) is 23.0. The molecule has 0 radical (unpaired) electrons. The van der Waals surface area contributed by atoms with E-state index in [1.165, 1.54) is 0 Å². The Bertz CT molecular complexity index is 266. The predicted molar refractivity (Wildman–Crippen MR) is 65.6 cm³/mol. The number of ether oxygens (including phenoxy) is 1. The molecule has 1 aliphatic rings. The van der Waals surface area contributed by atoms with E-state index in [-0.39, 0.29) is 5.91 Å². The minimum atomic E-state index is -0.874. The number of imide groups is 1. The molecule has 4 heteroatoms. The van der Waals surface area contributed by atoms with Crippen LogP contribution in [0, 0.1) is 0 Å². The van der Waals surface area contributed by atoms with E-state index >= 15 is 0 Å². The standard InChI is InChI=1S/C13H23NO3/c1-3-5-7-9-13(10-8-6-4-2)11(15)14-12(16)17-13/h3-10H2,1-2H3,(H,14,15,16). The smallest absolute Gasteiger partial charge is 0.415 e. The van der Waals surface area contributed by atoms with Crippen molar-refractivity contribution in [2.24, 2.45) is 0 Å². The highest BCUT2D eigenvalue weighted by molar-refractivity contribution is 6.02. The first-order valence-corrected chi connectivity index (χ1v) is 6.69. The van der Waals surface area contributed by atoms with E-state index in [1.54, 1.807) is 0 Å². The highest BCUT2D eigenvalue weighted by Gasteiger charge is 2.47. The maximum Gasteiger partial charge on any atom is 0.415 e. The second-order valence-corrected chi connectivity index (χ2v) is 4.75. The van der Waals surface area contributed by atoms with Gasteiger partial charge < -0.3 is 4.74 Å². The van der Waals surface area contributed by atoms with Gasteiger partial charge in [0.05, 0.1) is 0 Å². The number of cyclic esters (lactones) is 1. The van der Waals surface area contributed by atoms with Crippen LogP contribution in [-0.2, 0) is 9.53 Å². The number of nitrogens with one attached hydrogen (secondary N) is 1. The van der Waals surface area contributed by atoms with Gasteiger partial charge in [-0.05, 0) is 25.7 Å². The molecule has 4 nitrogen and oxygen atoms in total. The van der Waals surface area contributed by atoms with E-state index in [2.05, 4.69) is 19.2 Å². The Balaban J connectivity index is 2.57. The normalized spacial score (nSPS) is 18.0. The zero-order chi connectivity index (χ0) is 12.7. The minimum Gasteiger partial charge on any atom is -0.432 e. The van der Waals surface area contributed by atoms with E-state index in [0.717, 1.165) is 38.5 Å². The van der Waals surface area contributed by atoms with Crippen LogP contribution in [0.2, 0.25) is 0 Å². The van der Waals surface area contributed by atoms with Gasteiger partial charge in [0, 0.05) is 0 Å². The van der Waals surface area contributed by atoms with Gasteiger partial charge in [0.1, 0.15) is 0 Å². The van der Waals surface area contributed by atoms with Crippen LogP contribution >= 0.6 is 0 Å². The van der Waals surface area contributed by atoms with Crippen LogP contribution in [0.5, 0.6) is 0 Å². The molecule has 0 bridgehead atoms. The molecule has 1 heterocycles. The third kappa shape index (κ3) is 3.72. The van der Waals surface area contributed by atoms with Crippen molar-refractivity contribution >= 4 is 12.0 Å². The maximum absolute atomic E-state index is 11.8. The second kappa shape index (κ2) is 6.62. The number of amides is 2. The largest absolute Gasteiger partial charge is 0.432 e. The van der Waals surface area contributed by atoms with Crippen LogP contribution in [0.1, 0.15) is 65.2 Å². The Morgan fingerprint density at radius 2 is 1.53 bits per heavy atom. The fraction of sp³-hybridized carbons (Fsp3) is 0.846. The Labute approximate surface area is 103 Å². The van der Waals surface area contributed by atoms with Crippen LogP contribution in [-0.4, -0.2) is 17.6 Å². The SMILES string of the molecule is CCCCCC1(CCCCC)OC(=O)NC1=O. The Hall–Kier alpha value is -1.06. The average Bonchev–Trinajstić information content (AvgIpc) is 2.55. The molecule has 1 saturated heterocycles. The summed E-state index contributed by atoms with van der Waals surface area (Å²) in [6.07, 6.45) is 6.93. The summed E-state index contributed by atoms with van der Waals surface area (Å²) in [6.45, 7) is 4.23. The van der Waals surface area contributed by atoms with Crippen molar-refractivity contribution in [1.82, 2.24) is 5.32 Å². The Morgan fingerprint density at radius 3 is 1.88 bits per heavy atom. The molecule has 0 aliphatic carbocycles. The number of carbonyl (C=O) groups excluding carboxylic acids is 2. The number of hydrogen-bond donors (Lipinski definition) is 1. The van der Waals surface area contributed by atoms with Crippen LogP contribution in [0.4, 0.5) is 4.79 Å². The zero-order valence-electron chi connectivity index (χ0n) is 10.9. The third-order valence-electron chi connectivity index (χ3n) is 3.29. The molecule has 0 aromatic carbocycles. The highest BCUT2D eigenvalue weighted by Crippen LogP contribution is 2.30. The van der Waals surface area contributed by atoms with Crippen LogP contribution in [0.15, 0.2) is 0 Å². The molecule has 0 aromatic heterocycles. The molecule has 0 unspecified atom stereocenters. The third-order valence-corrected chi connectivity index (χ3v) is 3.29. The monoisotopic (exact) mass is 241 g/mol. The minimum absolute atomic E-state index is 0.241. The van der Waals surface area contributed by atoms with Crippen molar-refractivity contribution in [2.75, 3.05) is 0 Å². The molecule has 17 heavy (non-hydrogen) atoms. The molecule has 1 aliphatic heterocycles. The summed E-state index contributed by atoms with van der Waals surface area (Å²) in [5, 5.41) is 2.26. The van der Waals surface area contributed by atoms with E-state index in [9.17, 15) is 9.59 Å². The summed E-state index contributed by atoms with van der Waals surface area (Å²) in [7, 11) is 0. The van der Waals surface area contributed by atoms with Crippen molar-refractivity contribution in [3.63, 3.8) is 0 Å². The molecule has 0 saturated carbocycles. The molecule has 0 aromatic rings. The van der Waals surface area contributed by atoms with Crippen LogP contribution < -0.4 is 5.32 Å². The van der Waals surface area contributed by atoms with Crippen molar-refractivity contribution in [1.29, 1.82) is 0 Å². The Kier molecular flexibility index (Phi) is 5.45. The van der Waals surface area contributed by atoms with Crippen molar-refractivity contribution in [3.8, 4) is 0 Å². The van der Waals surface area contributed by atoms with Gasteiger partial charge in [-0.1, -0.05) is 39.5 Å². The summed E-state index contributed by atoms with van der Waals surface area (Å²) in [6, 6.07) is 0. The quantitative estimate of drug-likeness (QED) is 0.664. The number of hydrogen-bond acceptors (Lipinski definition) is 3. The molecule has 1 rings (SSSR count). The first kappa shape index (κ1) is 14.0. The second-order valence-electron chi connectivity index (χ2n) is 4.75. The van der Waals surface area contributed by atoms with E-state index in [0.29, 0.717) is 12.8 Å². The molecule has 2 amide bonds. The van der Waals surface area contributed by atoms with Gasteiger partial charge in [0.2, 0.25) is 0 Å². The van der Waals surface area contributed by atoms with Crippen molar-refractivity contribution in [3.05, 3.63) is 0 Å². The first-order chi connectivity index (χ1) is 8.14. The fourth-order valence-electron chi connectivity index (χ4n) is 2.23. The van der Waals surface area contributed by atoms with Gasteiger partial charge >= 0.3 is 6.09 Å². The van der Waals surface area contributed by atoms with Gasteiger partial charge in [0.15, 0.2) is 5.60 Å². The molecule has 0 atom stereocenters. The molecule has 1 N–H and O–H groups in total. The first-order valence-electron chi connectivity index (χ1n) is 6.69. The van der Waals surface area contributed by atoms with E-state index in [1.807, 2.05) is 0 Å². The summed E-state index contributed by atoms with van der Waals surface area (Å²) >= 11 is 0. The predicted octanol–water partition coefficient (Wildman–Crippen LogP) is 3.15. The molecular weight excluding hydrogens is 218 g/mol. The molecule has 0 spiro atoms. The highest BCUT2D eigenvalue weighted by atomic mass is 16.6. The van der Waals surface area contributed by atoms with E-state index < -0.39 is 11.7 Å². The maximum atomic E-state index is 11.8. The van der Waals surface area contributed by atoms with Gasteiger partial charge in [-0.25, -0.2) is 4.79 Å². The van der Waals surface area contributed by atoms with Gasteiger partial charge in [-0.15, -0.1) is 0 Å². The molecular formula is C13H23NO3. The number of alkyl carbamates (subject to hydrolysis) is 1. The lowest BCUT2D eigenvalue weighted by molar-refractivity contribution is -0.132. The number of unbranched alkanes of at least 4 members (excludes halogenated alkanes) is 4. The van der Waals surface area contributed by atoms with Crippen molar-refractivity contribution in [2.45, 2.75) is 70.8 Å². The molecule has 1 fully saturated rings. The van der Waals surface area contributed by atoms with Gasteiger partial charge in [-0.2, -0.15) is 0 Å².